The number of hydrogen-bond acceptors (Lipinski definition) is 0. The fourth-order valence-electron chi connectivity index (χ4n) is 8.48. The molecule has 0 unspecified atom stereocenters. The quantitative estimate of drug-likeness (QED) is 0.0512. The zero-order valence-electron chi connectivity index (χ0n) is 35.0. The molecule has 0 fully saturated rings. The summed E-state index contributed by atoms with van der Waals surface area (Å²) in [6.07, 6.45) is 14.4. The number of fused-ring (bicyclic) bond motifs is 6. The molecule has 0 spiro atoms. The fourth-order valence-corrected chi connectivity index (χ4v) is 16.9. The van der Waals surface area contributed by atoms with Crippen molar-refractivity contribution in [1.82, 2.24) is 0 Å². The van der Waals surface area contributed by atoms with Crippen molar-refractivity contribution in [3.8, 4) is 11.8 Å². The average molecular weight is 1030 g/mol. The van der Waals surface area contributed by atoms with Crippen molar-refractivity contribution in [2.75, 3.05) is 0 Å². The van der Waals surface area contributed by atoms with Gasteiger partial charge in [-0.25, -0.2) is 0 Å². The minimum atomic E-state index is -1.02. The molecule has 4 heteroatoms. The summed E-state index contributed by atoms with van der Waals surface area (Å²) in [4.78, 5) is 0.154. The molecule has 0 aliphatic carbocycles. The Morgan fingerprint density at radius 1 is 0.317 bits per heavy atom. The summed E-state index contributed by atoms with van der Waals surface area (Å²) in [6.45, 7) is 5.02. The Bertz CT molecular complexity index is 2840. The van der Waals surface area contributed by atoms with Gasteiger partial charge in [0.05, 0.1) is 0 Å². The van der Waals surface area contributed by atoms with Crippen LogP contribution in [0.5, 0.6) is 0 Å². The first kappa shape index (κ1) is 47.2. The van der Waals surface area contributed by atoms with Crippen molar-refractivity contribution in [1.29, 1.82) is 0 Å². The molecule has 0 saturated carbocycles. The van der Waals surface area contributed by atoms with Crippen molar-refractivity contribution in [3.63, 3.8) is 0 Å². The van der Waals surface area contributed by atoms with Crippen LogP contribution in [0.3, 0.4) is 0 Å². The Kier molecular flexibility index (Phi) is 16.7. The van der Waals surface area contributed by atoms with Crippen molar-refractivity contribution >= 4 is 80.2 Å². The van der Waals surface area contributed by atoms with E-state index in [9.17, 15) is 0 Å². The van der Waals surface area contributed by atoms with Crippen LogP contribution in [-0.2, 0) is 44.8 Å². The van der Waals surface area contributed by atoms with Gasteiger partial charge in [-0.05, 0) is 91.6 Å². The smallest absolute Gasteiger partial charge is 0.366 e. The average Bonchev–Trinajstić information content (AvgIpc) is 3.33. The molecule has 10 aromatic carbocycles. The molecule has 0 bridgehead atoms. The molecule has 63 heavy (non-hydrogen) atoms. The summed E-state index contributed by atoms with van der Waals surface area (Å²) in [5, 5.41) is 15.7. The second-order valence-corrected chi connectivity index (χ2v) is 22.3. The first-order chi connectivity index (χ1) is 29.9. The second kappa shape index (κ2) is 22.4. The second-order valence-electron chi connectivity index (χ2n) is 15.5. The van der Waals surface area contributed by atoms with Gasteiger partial charge in [0.1, 0.15) is 37.1 Å². The van der Waals surface area contributed by atoms with Gasteiger partial charge in [0.2, 0.25) is 0 Å². The van der Waals surface area contributed by atoms with Crippen molar-refractivity contribution < 1.29 is 44.8 Å². The van der Waals surface area contributed by atoms with Gasteiger partial charge in [0.25, 0.3) is 0 Å². The molecule has 0 N–H and O–H groups in total. The molecule has 10 rings (SSSR count). The normalized spacial score (nSPS) is 10.7. The largest absolute Gasteiger partial charge is 1.00 e. The number of hydrogen-bond donors (Lipinski definition) is 0. The molecule has 0 aliphatic heterocycles. The molecular formula is C59H46Ag2P2+2. The van der Waals surface area contributed by atoms with Gasteiger partial charge < -0.3 is 12.8 Å². The maximum atomic E-state index is 7.18. The van der Waals surface area contributed by atoms with E-state index in [0.717, 1.165) is 11.1 Å². The third-order valence-electron chi connectivity index (χ3n) is 11.3. The summed E-state index contributed by atoms with van der Waals surface area (Å²) < 4.78 is 0. The van der Waals surface area contributed by atoms with E-state index < -0.39 is 15.8 Å². The fraction of sp³-hybridized carbons (Fsp3) is 0.0508. The summed E-state index contributed by atoms with van der Waals surface area (Å²) in [5.41, 5.74) is 1.65. The summed E-state index contributed by atoms with van der Waals surface area (Å²) >= 11 is 0. The van der Waals surface area contributed by atoms with Crippen LogP contribution in [-0.4, -0.2) is 4.90 Å². The van der Waals surface area contributed by atoms with Gasteiger partial charge in [-0.2, -0.15) is 0 Å². The van der Waals surface area contributed by atoms with Crippen molar-refractivity contribution in [2.24, 2.45) is 0 Å². The minimum Gasteiger partial charge on any atom is -0.366 e. The van der Waals surface area contributed by atoms with Crippen LogP contribution in [0.2, 0.25) is 0 Å². The van der Waals surface area contributed by atoms with Crippen LogP contribution in [0.4, 0.5) is 0 Å². The van der Waals surface area contributed by atoms with Gasteiger partial charge in [-0.1, -0.05) is 158 Å². The predicted octanol–water partition coefficient (Wildman–Crippen LogP) is 13.3. The van der Waals surface area contributed by atoms with Gasteiger partial charge in [0.15, 0.2) is 4.90 Å². The van der Waals surface area contributed by atoms with Crippen molar-refractivity contribution in [3.05, 3.63) is 254 Å². The third-order valence-corrected chi connectivity index (χ3v) is 18.9. The molecule has 312 valence electrons. The molecule has 0 saturated heterocycles. The molecule has 0 nitrogen and oxygen atoms in total. The molecule has 0 aromatic heterocycles. The van der Waals surface area contributed by atoms with E-state index in [-0.39, 0.29) is 49.7 Å². The topological polar surface area (TPSA) is 0 Å². The standard InChI is InChI=1S/C27H26P2.2C16H9.2Ag/c1-27(2,28(23-15-7-3-8-16-23)24-17-9-4-10-18-24)29(25-19-11-5-12-20-25)26-21-13-6-14-22-26;2*1-2-12-7-8-14-10-9-13-5-3-4-6-15(13)16(14)11-12;;/h3-22H,1-2H3;2*3-11H;;/q;2*-1;2*+1/p+2. The van der Waals surface area contributed by atoms with Crippen LogP contribution in [0.15, 0.2) is 231 Å². The monoisotopic (exact) mass is 1030 g/mol. The molecule has 0 heterocycles. The van der Waals surface area contributed by atoms with E-state index in [1.807, 2.05) is 60.7 Å². The number of rotatable bonds is 6. The van der Waals surface area contributed by atoms with E-state index in [1.54, 1.807) is 0 Å². The van der Waals surface area contributed by atoms with Crippen LogP contribution in [0, 0.1) is 24.7 Å². The van der Waals surface area contributed by atoms with E-state index in [1.165, 1.54) is 64.3 Å². The first-order valence-corrected chi connectivity index (χ1v) is 23.6. The molecule has 0 amide bonds. The van der Waals surface area contributed by atoms with E-state index in [4.69, 9.17) is 12.8 Å². The van der Waals surface area contributed by atoms with Gasteiger partial charge in [-0.3, -0.25) is 11.8 Å². The summed E-state index contributed by atoms with van der Waals surface area (Å²) in [6, 6.07) is 81.8. The molecule has 0 aliphatic rings. The van der Waals surface area contributed by atoms with Gasteiger partial charge in [0, 0.05) is 13.8 Å². The van der Waals surface area contributed by atoms with Crippen LogP contribution in [0.25, 0.3) is 43.1 Å². The van der Waals surface area contributed by atoms with Gasteiger partial charge in [-0.15, -0.1) is 35.4 Å². The SMILES string of the molecule is CC(C)([PH+](c1ccccc1)c1ccccc1)[PH+](c1ccccc1)c1ccccc1.[Ag+].[Ag+].[C-]#Cc1ccc2ccc3ccccc3c2c1.[C-]#Cc1ccc2ccc3ccccc3c2c1. The molecule has 0 radical (unpaired) electrons. The van der Waals surface area contributed by atoms with Crippen LogP contribution < -0.4 is 21.2 Å². The predicted molar refractivity (Wildman–Crippen MR) is 270 cm³/mol. The van der Waals surface area contributed by atoms with Crippen molar-refractivity contribution in [2.45, 2.75) is 18.7 Å². The minimum absolute atomic E-state index is 0. The Morgan fingerprint density at radius 3 is 0.873 bits per heavy atom. The maximum absolute atomic E-state index is 7.18. The maximum Gasteiger partial charge on any atom is 1.00 e. The summed E-state index contributed by atoms with van der Waals surface area (Å²) in [7, 11) is -2.05. The Labute approximate surface area is 406 Å². The first-order valence-electron chi connectivity index (χ1n) is 20.6. The molecule has 0 atom stereocenters. The molecule has 10 aromatic rings. The summed E-state index contributed by atoms with van der Waals surface area (Å²) in [5.74, 6) is 4.87. The third kappa shape index (κ3) is 10.9. The van der Waals surface area contributed by atoms with E-state index in [0.29, 0.717) is 0 Å². The van der Waals surface area contributed by atoms with E-state index >= 15 is 0 Å². The van der Waals surface area contributed by atoms with Crippen LogP contribution in [0.1, 0.15) is 25.0 Å². The zero-order valence-corrected chi connectivity index (χ0v) is 40.0. The number of benzene rings is 10. The van der Waals surface area contributed by atoms with Gasteiger partial charge >= 0.3 is 44.8 Å². The Morgan fingerprint density at radius 2 is 0.571 bits per heavy atom. The van der Waals surface area contributed by atoms with Crippen LogP contribution >= 0.6 is 15.8 Å². The van der Waals surface area contributed by atoms with E-state index in [2.05, 4.69) is 196 Å². The molecular weight excluding hydrogens is 986 g/mol. The Balaban J connectivity index is 0.000000166. The zero-order chi connectivity index (χ0) is 42.0. The Hall–Kier alpha value is -5.30.